The fraction of sp³-hybridized carbons (Fsp3) is 0.526. The Hall–Kier alpha value is -3.87. The van der Waals surface area contributed by atoms with Crippen LogP contribution in [0.2, 0.25) is 0 Å². The minimum Gasteiger partial charge on any atom is -0.753 e. The first-order valence-corrected chi connectivity index (χ1v) is 20.4. The fourth-order valence-corrected chi connectivity index (χ4v) is 3.90. The van der Waals surface area contributed by atoms with Gasteiger partial charge in [-0.15, -0.1) is 0 Å². The molecule has 4 aromatic rings. The maximum atomic E-state index is 7.13. The maximum absolute atomic E-state index is 7.13. The summed E-state index contributed by atoms with van der Waals surface area (Å²) >= 11 is 22.2. The fourth-order valence-electron chi connectivity index (χ4n) is 3.90. The first-order valence-electron chi connectivity index (χ1n) is 17.9. The Bertz CT molecular complexity index is 1430. The Balaban J connectivity index is -0.000000107. The van der Waals surface area contributed by atoms with Crippen molar-refractivity contribution in [3.63, 3.8) is 0 Å². The van der Waals surface area contributed by atoms with Gasteiger partial charge < -0.3 is 32.5 Å². The molecule has 0 aliphatic carbocycles. The number of rotatable bonds is 12. The van der Waals surface area contributed by atoms with Crippen LogP contribution in [0, 0.1) is 0 Å². The zero-order valence-corrected chi connectivity index (χ0v) is 41.3. The van der Waals surface area contributed by atoms with E-state index in [-0.39, 0.29) is 16.5 Å². The number of aryl methyl sites for hydroxylation is 8. The summed E-state index contributed by atoms with van der Waals surface area (Å²) in [6, 6.07) is 0. The first-order chi connectivity index (χ1) is 27.8. The molecule has 328 valence electrons. The maximum Gasteiger partial charge on any atom is 2.00 e. The summed E-state index contributed by atoms with van der Waals surface area (Å²) in [5.41, 5.74) is 0. The van der Waals surface area contributed by atoms with E-state index in [2.05, 4.69) is 212 Å². The van der Waals surface area contributed by atoms with E-state index in [0.29, 0.717) is 0 Å². The minimum absolute atomic E-state index is 0. The Morgan fingerprint density at radius 2 is 0.508 bits per heavy atom. The number of aromatic nitrogens is 8. The van der Waals surface area contributed by atoms with Crippen LogP contribution in [0.4, 0.5) is 0 Å². The number of isothiocyanates is 6. The van der Waals surface area contributed by atoms with Gasteiger partial charge in [0.15, 0.2) is 0 Å². The average molecular weight is 964 g/mol. The Morgan fingerprint density at radius 3 is 0.593 bits per heavy atom. The largest absolute Gasteiger partial charge is 2.00 e. The van der Waals surface area contributed by atoms with Crippen molar-refractivity contribution in [1.82, 2.24) is 18.3 Å². The van der Waals surface area contributed by atoms with Gasteiger partial charge in [-0.05, 0) is 25.7 Å². The van der Waals surface area contributed by atoms with E-state index in [1.807, 2.05) is 28.2 Å². The molecule has 0 spiro atoms. The second-order valence-electron chi connectivity index (χ2n) is 11.2. The molecule has 0 bridgehead atoms. The molecule has 0 N–H and O–H groups in total. The van der Waals surface area contributed by atoms with Gasteiger partial charge in [-0.3, -0.25) is 0 Å². The quantitative estimate of drug-likeness (QED) is 0.0598. The third-order valence-electron chi connectivity index (χ3n) is 6.37. The predicted molar refractivity (Wildman–Crippen MR) is 258 cm³/mol. The first kappa shape index (κ1) is 69.7. The van der Waals surface area contributed by atoms with Gasteiger partial charge in [0.1, 0.15) is 49.6 Å². The molecule has 0 amide bonds. The third kappa shape index (κ3) is 63.5. The van der Waals surface area contributed by atoms with E-state index >= 15 is 0 Å². The Labute approximate surface area is 395 Å². The summed E-state index contributed by atoms with van der Waals surface area (Å²) in [6.45, 7) is 13.4. The van der Waals surface area contributed by atoms with Crippen LogP contribution >= 0.6 is 73.3 Å². The molecular formula is C38H60N14NiS6. The molecule has 0 aliphatic rings. The minimum atomic E-state index is 0. The number of imidazole rings is 4. The molecule has 4 rings (SSSR count). The molecule has 0 saturated heterocycles. The summed E-state index contributed by atoms with van der Waals surface area (Å²) in [7, 11) is 8.18. The van der Waals surface area contributed by atoms with Crippen LogP contribution in [-0.2, 0) is 70.9 Å². The van der Waals surface area contributed by atoms with E-state index in [4.69, 9.17) is 32.5 Å². The van der Waals surface area contributed by atoms with E-state index in [0.717, 1.165) is 26.2 Å². The smallest absolute Gasteiger partial charge is 0.753 e. The summed E-state index contributed by atoms with van der Waals surface area (Å²) in [5, 5.41) is 50.8. The number of hydrogen-bond donors (Lipinski definition) is 0. The van der Waals surface area contributed by atoms with Crippen molar-refractivity contribution in [1.29, 1.82) is 0 Å². The number of nitrogens with zero attached hydrogens (tertiary/aromatic N) is 14. The van der Waals surface area contributed by atoms with Crippen LogP contribution in [0.3, 0.4) is 0 Å². The van der Waals surface area contributed by atoms with Crippen LogP contribution in [0.5, 0.6) is 0 Å². The van der Waals surface area contributed by atoms with Crippen molar-refractivity contribution in [2.45, 2.75) is 105 Å². The van der Waals surface area contributed by atoms with E-state index in [9.17, 15) is 0 Å². The average Bonchev–Trinajstić information content (AvgIpc) is 4.00. The van der Waals surface area contributed by atoms with Gasteiger partial charge in [0, 0.05) is 0 Å². The second kappa shape index (κ2) is 60.8. The van der Waals surface area contributed by atoms with Crippen molar-refractivity contribution >= 4 is 104 Å². The number of hydrogen-bond acceptors (Lipinski definition) is 6. The van der Waals surface area contributed by atoms with Gasteiger partial charge in [-0.2, -0.15) is 31.0 Å². The molecule has 0 aromatic carbocycles. The molecule has 0 fully saturated rings. The van der Waals surface area contributed by atoms with Crippen molar-refractivity contribution < 1.29 is 34.8 Å². The normalized spacial score (nSPS) is 7.73. The molecule has 59 heavy (non-hydrogen) atoms. The van der Waals surface area contributed by atoms with E-state index < -0.39 is 0 Å². The molecule has 4 heterocycles. The monoisotopic (exact) mass is 962 g/mol. The SMILES string of the molecule is CCCCn1cc[n+](C)c1.CCCCn1cc[n+](C)c1.CCCCn1cc[n+](C)c1.CCCCn1cc[n+](C)c1.[N-]=C=S.[N-]=C=S.[N-]=C=S.[N-]=C=S.[N-]=C=S.[N-]=C=S.[Ni+2]. The molecule has 0 atom stereocenters. The van der Waals surface area contributed by atoms with Crippen LogP contribution in [0.1, 0.15) is 79.1 Å². The van der Waals surface area contributed by atoms with Gasteiger partial charge in [-0.25, -0.2) is 36.5 Å². The molecule has 0 unspecified atom stereocenters. The molecule has 4 aromatic heterocycles. The van der Waals surface area contributed by atoms with E-state index in [1.165, 1.54) is 82.3 Å². The third-order valence-corrected chi connectivity index (χ3v) is 6.37. The van der Waals surface area contributed by atoms with Crippen LogP contribution < -0.4 is 18.3 Å². The molecule has 0 saturated carbocycles. The second-order valence-corrected chi connectivity index (χ2v) is 12.3. The van der Waals surface area contributed by atoms with Crippen LogP contribution in [-0.4, -0.2) is 49.2 Å². The van der Waals surface area contributed by atoms with Crippen molar-refractivity contribution in [3.05, 3.63) is 107 Å². The number of thiocarbonyl (C=S) groups is 6. The van der Waals surface area contributed by atoms with Gasteiger partial charge in [0.05, 0.1) is 54.4 Å². The van der Waals surface area contributed by atoms with Crippen LogP contribution in [0.25, 0.3) is 32.5 Å². The number of unbranched alkanes of at least 4 members (excludes halogenated alkanes) is 4. The van der Waals surface area contributed by atoms with Gasteiger partial charge >= 0.3 is 16.5 Å². The molecule has 14 nitrogen and oxygen atoms in total. The molecule has 0 aliphatic heterocycles. The summed E-state index contributed by atoms with van der Waals surface area (Å²) in [6.07, 6.45) is 35.3. The van der Waals surface area contributed by atoms with E-state index in [1.54, 1.807) is 0 Å². The Morgan fingerprint density at radius 1 is 0.373 bits per heavy atom. The van der Waals surface area contributed by atoms with Gasteiger partial charge in [0.25, 0.3) is 0 Å². The van der Waals surface area contributed by atoms with Crippen molar-refractivity contribution in [3.8, 4) is 0 Å². The van der Waals surface area contributed by atoms with Crippen molar-refractivity contribution in [2.75, 3.05) is 0 Å². The standard InChI is InChI=1S/4C8H15N2.6CNS.Ni/c4*1-3-4-5-10-7-6-9(2)8-10;6*2-1-3;/h4*6-8H,3-5H2,1-2H3;;;;;;;/q4*+1;6*-1;+2. The summed E-state index contributed by atoms with van der Waals surface area (Å²) < 4.78 is 17.1. The summed E-state index contributed by atoms with van der Waals surface area (Å²) in [5.74, 6) is 0. The Kier molecular flexibility index (Phi) is 71.9. The van der Waals surface area contributed by atoms with Gasteiger partial charge in [0.2, 0.25) is 25.3 Å². The molecule has 0 radical (unpaired) electrons. The van der Waals surface area contributed by atoms with Crippen molar-refractivity contribution in [2.24, 2.45) is 28.2 Å². The molecular weight excluding hydrogens is 904 g/mol. The predicted octanol–water partition coefficient (Wildman–Crippen LogP) is 8.40. The zero-order valence-electron chi connectivity index (χ0n) is 35.4. The topological polar surface area (TPSA) is 169 Å². The summed E-state index contributed by atoms with van der Waals surface area (Å²) in [4.78, 5) is 0. The van der Waals surface area contributed by atoms with Crippen LogP contribution in [0.15, 0.2) is 74.9 Å². The molecule has 21 heteroatoms. The van der Waals surface area contributed by atoms with Gasteiger partial charge in [-0.1, -0.05) is 127 Å². The zero-order chi connectivity index (χ0) is 45.8.